The first-order chi connectivity index (χ1) is 11.0. The first-order valence-corrected chi connectivity index (χ1v) is 8.53. The molecule has 1 aliphatic heterocycles. The number of aromatic nitrogens is 2. The Morgan fingerprint density at radius 2 is 2.17 bits per heavy atom. The van der Waals surface area contributed by atoms with E-state index in [0.717, 1.165) is 19.6 Å². The number of hydrogen-bond donors (Lipinski definition) is 1. The van der Waals surface area contributed by atoms with Gasteiger partial charge in [-0.15, -0.1) is 11.3 Å². The third kappa shape index (κ3) is 3.60. The highest BCUT2D eigenvalue weighted by Gasteiger charge is 2.22. The Balaban J connectivity index is 1.58. The van der Waals surface area contributed by atoms with Gasteiger partial charge in [0.15, 0.2) is 4.96 Å². The van der Waals surface area contributed by atoms with Crippen molar-refractivity contribution in [2.45, 2.75) is 26.1 Å². The Kier molecular flexibility index (Phi) is 4.74. The monoisotopic (exact) mass is 336 g/mol. The van der Waals surface area contributed by atoms with Gasteiger partial charge in [-0.05, 0) is 13.8 Å². The van der Waals surface area contributed by atoms with Gasteiger partial charge in [0.05, 0.1) is 12.2 Å². The smallest absolute Gasteiger partial charge is 0.271 e. The molecule has 1 aliphatic rings. The minimum atomic E-state index is -0.377. The summed E-state index contributed by atoms with van der Waals surface area (Å²) in [6, 6.07) is 0. The van der Waals surface area contributed by atoms with Crippen molar-refractivity contribution in [1.29, 1.82) is 0 Å². The van der Waals surface area contributed by atoms with Crippen LogP contribution in [0.25, 0.3) is 4.96 Å². The zero-order valence-electron chi connectivity index (χ0n) is 13.2. The highest BCUT2D eigenvalue weighted by atomic mass is 32.1. The van der Waals surface area contributed by atoms with Crippen LogP contribution in [0.1, 0.15) is 24.2 Å². The highest BCUT2D eigenvalue weighted by molar-refractivity contribution is 7.15. The van der Waals surface area contributed by atoms with Gasteiger partial charge in [0.25, 0.3) is 11.5 Å². The van der Waals surface area contributed by atoms with Crippen molar-refractivity contribution in [2.75, 3.05) is 26.2 Å². The van der Waals surface area contributed by atoms with Crippen LogP contribution in [-0.2, 0) is 4.74 Å². The van der Waals surface area contributed by atoms with E-state index in [1.807, 2.05) is 13.8 Å². The standard InChI is InChI=1S/C15H20N4O3S/c1-10-8-18(9-11(2)22-10)4-3-16-13(20)12-7-17-15-19(14(12)21)5-6-23-15/h5-7,10-11H,3-4,8-9H2,1-2H3,(H,16,20)/t10-,11-/m1/s1. The molecule has 0 radical (unpaired) electrons. The number of ether oxygens (including phenoxy) is 1. The fourth-order valence-electron chi connectivity index (χ4n) is 2.87. The van der Waals surface area contributed by atoms with E-state index in [9.17, 15) is 9.59 Å². The van der Waals surface area contributed by atoms with Crippen molar-refractivity contribution in [2.24, 2.45) is 0 Å². The van der Waals surface area contributed by atoms with Crippen molar-refractivity contribution >= 4 is 22.2 Å². The van der Waals surface area contributed by atoms with E-state index < -0.39 is 0 Å². The largest absolute Gasteiger partial charge is 0.373 e. The van der Waals surface area contributed by atoms with Gasteiger partial charge in [-0.25, -0.2) is 4.98 Å². The number of thiazole rings is 1. The molecule has 3 heterocycles. The molecule has 0 aromatic carbocycles. The van der Waals surface area contributed by atoms with Crippen LogP contribution >= 0.6 is 11.3 Å². The first-order valence-electron chi connectivity index (χ1n) is 7.65. The van der Waals surface area contributed by atoms with E-state index in [4.69, 9.17) is 4.74 Å². The maximum atomic E-state index is 12.2. The maximum Gasteiger partial charge on any atom is 0.271 e. The number of rotatable bonds is 4. The van der Waals surface area contributed by atoms with Crippen LogP contribution in [0.2, 0.25) is 0 Å². The lowest BCUT2D eigenvalue weighted by molar-refractivity contribution is -0.0672. The Morgan fingerprint density at radius 1 is 1.43 bits per heavy atom. The zero-order chi connectivity index (χ0) is 16.4. The average Bonchev–Trinajstić information content (AvgIpc) is 2.96. The highest BCUT2D eigenvalue weighted by Crippen LogP contribution is 2.09. The lowest BCUT2D eigenvalue weighted by Gasteiger charge is -2.35. The summed E-state index contributed by atoms with van der Waals surface area (Å²) in [5, 5.41) is 4.57. The molecule has 124 valence electrons. The summed E-state index contributed by atoms with van der Waals surface area (Å²) >= 11 is 1.36. The van der Waals surface area contributed by atoms with Crippen LogP contribution in [0.5, 0.6) is 0 Å². The molecule has 23 heavy (non-hydrogen) atoms. The van der Waals surface area contributed by atoms with Crippen molar-refractivity contribution in [3.8, 4) is 0 Å². The second-order valence-electron chi connectivity index (χ2n) is 5.81. The lowest BCUT2D eigenvalue weighted by Crippen LogP contribution is -2.48. The summed E-state index contributed by atoms with van der Waals surface area (Å²) in [6.07, 6.45) is 3.37. The molecule has 2 aromatic rings. The van der Waals surface area contributed by atoms with Gasteiger partial charge >= 0.3 is 0 Å². The predicted molar refractivity (Wildman–Crippen MR) is 88.1 cm³/mol. The Labute approximate surface area is 137 Å². The average molecular weight is 336 g/mol. The van der Waals surface area contributed by atoms with Crippen LogP contribution in [0.15, 0.2) is 22.6 Å². The van der Waals surface area contributed by atoms with E-state index in [-0.39, 0.29) is 29.2 Å². The molecule has 1 N–H and O–H groups in total. The zero-order valence-corrected chi connectivity index (χ0v) is 14.0. The second-order valence-corrected chi connectivity index (χ2v) is 6.68. The summed E-state index contributed by atoms with van der Waals surface area (Å²) in [5.74, 6) is -0.377. The summed E-state index contributed by atoms with van der Waals surface area (Å²) in [7, 11) is 0. The van der Waals surface area contributed by atoms with Gasteiger partial charge in [-0.3, -0.25) is 18.9 Å². The molecular formula is C15H20N4O3S. The van der Waals surface area contributed by atoms with Crippen LogP contribution in [0, 0.1) is 0 Å². The topological polar surface area (TPSA) is 75.9 Å². The van der Waals surface area contributed by atoms with E-state index in [2.05, 4.69) is 15.2 Å². The first kappa shape index (κ1) is 16.1. The second kappa shape index (κ2) is 6.77. The van der Waals surface area contributed by atoms with Crippen LogP contribution in [0.4, 0.5) is 0 Å². The summed E-state index contributed by atoms with van der Waals surface area (Å²) in [5.41, 5.74) is -0.257. The molecule has 1 fully saturated rings. The number of nitrogens with one attached hydrogen (secondary N) is 1. The number of hydrogen-bond acceptors (Lipinski definition) is 6. The molecule has 0 bridgehead atoms. The molecule has 0 unspecified atom stereocenters. The lowest BCUT2D eigenvalue weighted by atomic mass is 10.2. The molecule has 1 saturated heterocycles. The van der Waals surface area contributed by atoms with Crippen molar-refractivity contribution in [1.82, 2.24) is 19.6 Å². The van der Waals surface area contributed by atoms with Crippen molar-refractivity contribution in [3.63, 3.8) is 0 Å². The number of morpholine rings is 1. The fraction of sp³-hybridized carbons (Fsp3) is 0.533. The van der Waals surface area contributed by atoms with Gasteiger partial charge in [0.1, 0.15) is 5.56 Å². The summed E-state index contributed by atoms with van der Waals surface area (Å²) < 4.78 is 7.08. The van der Waals surface area contributed by atoms with Crippen LogP contribution in [0.3, 0.4) is 0 Å². The van der Waals surface area contributed by atoms with Gasteiger partial charge in [-0.1, -0.05) is 0 Å². The van der Waals surface area contributed by atoms with Crippen molar-refractivity contribution < 1.29 is 9.53 Å². The van der Waals surface area contributed by atoms with E-state index in [1.165, 1.54) is 21.9 Å². The molecule has 7 nitrogen and oxygen atoms in total. The normalized spacial score (nSPS) is 22.3. The minimum Gasteiger partial charge on any atom is -0.373 e. The Hall–Kier alpha value is -1.77. The summed E-state index contributed by atoms with van der Waals surface area (Å²) in [4.78, 5) is 31.4. The number of fused-ring (bicyclic) bond motifs is 1. The molecule has 3 rings (SSSR count). The third-order valence-electron chi connectivity index (χ3n) is 3.80. The van der Waals surface area contributed by atoms with E-state index >= 15 is 0 Å². The van der Waals surface area contributed by atoms with Crippen LogP contribution in [-0.4, -0.2) is 58.6 Å². The minimum absolute atomic E-state index is 0.0737. The summed E-state index contributed by atoms with van der Waals surface area (Å²) in [6.45, 7) is 7.02. The third-order valence-corrected chi connectivity index (χ3v) is 4.57. The molecule has 2 atom stereocenters. The van der Waals surface area contributed by atoms with Crippen molar-refractivity contribution in [3.05, 3.63) is 33.7 Å². The molecule has 0 spiro atoms. The van der Waals surface area contributed by atoms with E-state index in [0.29, 0.717) is 11.5 Å². The van der Waals surface area contributed by atoms with Gasteiger partial charge in [0.2, 0.25) is 0 Å². The molecule has 2 aromatic heterocycles. The Morgan fingerprint density at radius 3 is 2.91 bits per heavy atom. The Bertz CT molecular complexity index is 747. The number of nitrogens with zero attached hydrogens (tertiary/aromatic N) is 3. The molecule has 8 heteroatoms. The molecular weight excluding hydrogens is 316 g/mol. The van der Waals surface area contributed by atoms with Crippen LogP contribution < -0.4 is 10.9 Å². The fourth-order valence-corrected chi connectivity index (χ4v) is 3.55. The molecule has 1 amide bonds. The predicted octanol–water partition coefficient (Wildman–Crippen LogP) is 0.595. The van der Waals surface area contributed by atoms with Gasteiger partial charge < -0.3 is 10.1 Å². The van der Waals surface area contributed by atoms with E-state index in [1.54, 1.807) is 11.6 Å². The SMILES string of the molecule is C[C@@H]1CN(CCNC(=O)c2cnc3sccn3c2=O)C[C@@H](C)O1. The number of carbonyl (C=O) groups is 1. The number of amides is 1. The number of carbonyl (C=O) groups excluding carboxylic acids is 1. The van der Waals surface area contributed by atoms with Gasteiger partial charge in [0, 0.05) is 44.0 Å². The molecule has 0 saturated carbocycles. The molecule has 0 aliphatic carbocycles. The maximum absolute atomic E-state index is 12.2. The quantitative estimate of drug-likeness (QED) is 0.885. The van der Waals surface area contributed by atoms with Gasteiger partial charge in [-0.2, -0.15) is 0 Å².